The molecule has 0 bridgehead atoms. The van der Waals surface area contributed by atoms with Gasteiger partial charge in [0.05, 0.1) is 12.6 Å². The van der Waals surface area contributed by atoms with Crippen LogP contribution in [0.2, 0.25) is 0 Å². The normalized spacial score (nSPS) is 17.1. The average Bonchev–Trinajstić information content (AvgIpc) is 3.35. The molecular formula is C17H18N4O3S. The molecule has 3 aromatic rings. The minimum absolute atomic E-state index is 0.0176. The Labute approximate surface area is 148 Å². The molecule has 2 aromatic heterocycles. The van der Waals surface area contributed by atoms with Crippen molar-refractivity contribution in [1.82, 2.24) is 14.8 Å². The van der Waals surface area contributed by atoms with Crippen molar-refractivity contribution in [1.29, 1.82) is 0 Å². The van der Waals surface area contributed by atoms with Crippen LogP contribution in [-0.2, 0) is 16.1 Å². The van der Waals surface area contributed by atoms with Crippen LogP contribution in [0.15, 0.2) is 30.5 Å². The highest BCUT2D eigenvalue weighted by molar-refractivity contribution is 7.15. The Morgan fingerprint density at radius 2 is 2.36 bits per heavy atom. The van der Waals surface area contributed by atoms with Gasteiger partial charge in [-0.2, -0.15) is 0 Å². The predicted molar refractivity (Wildman–Crippen MR) is 95.0 cm³/mol. The number of methoxy groups -OCH3 is 1. The molecule has 0 aliphatic carbocycles. The lowest BCUT2D eigenvalue weighted by Gasteiger charge is -2.06. The Kier molecular flexibility index (Phi) is 4.37. The number of benzene rings is 1. The van der Waals surface area contributed by atoms with Crippen molar-refractivity contribution < 1.29 is 14.3 Å². The highest BCUT2D eigenvalue weighted by atomic mass is 32.1. The second kappa shape index (κ2) is 6.81. The van der Waals surface area contributed by atoms with E-state index in [1.165, 1.54) is 11.3 Å². The molecule has 4 rings (SSSR count). The molecule has 8 heteroatoms. The lowest BCUT2D eigenvalue weighted by Crippen LogP contribution is -2.18. The molecule has 1 N–H and O–H groups in total. The van der Waals surface area contributed by atoms with Crippen LogP contribution < -0.4 is 10.1 Å². The molecule has 1 fully saturated rings. The second-order valence-electron chi connectivity index (χ2n) is 5.83. The summed E-state index contributed by atoms with van der Waals surface area (Å²) in [7, 11) is 1.64. The van der Waals surface area contributed by atoms with E-state index in [0.29, 0.717) is 5.13 Å². The molecule has 0 spiro atoms. The van der Waals surface area contributed by atoms with Crippen molar-refractivity contribution in [3.05, 3.63) is 35.5 Å². The van der Waals surface area contributed by atoms with Gasteiger partial charge in [0.25, 0.3) is 0 Å². The number of anilines is 1. The van der Waals surface area contributed by atoms with Crippen molar-refractivity contribution in [3.63, 3.8) is 0 Å². The van der Waals surface area contributed by atoms with E-state index in [1.54, 1.807) is 7.11 Å². The van der Waals surface area contributed by atoms with Crippen LogP contribution in [0.25, 0.3) is 10.9 Å². The Morgan fingerprint density at radius 1 is 1.44 bits per heavy atom. The summed E-state index contributed by atoms with van der Waals surface area (Å²) in [4.78, 5) is 12.4. The van der Waals surface area contributed by atoms with Crippen LogP contribution in [0.5, 0.6) is 5.75 Å². The van der Waals surface area contributed by atoms with Gasteiger partial charge < -0.3 is 14.0 Å². The number of hydrogen-bond acceptors (Lipinski definition) is 6. The third-order valence-corrected chi connectivity index (χ3v) is 5.13. The number of nitrogens with one attached hydrogen (secondary N) is 1. The molecule has 130 valence electrons. The lowest BCUT2D eigenvalue weighted by atomic mass is 10.2. The molecule has 0 radical (unpaired) electrons. The molecular weight excluding hydrogens is 340 g/mol. The number of fused-ring (bicyclic) bond motifs is 1. The first kappa shape index (κ1) is 16.0. The number of carbonyl (C=O) groups is 1. The van der Waals surface area contributed by atoms with E-state index < -0.39 is 0 Å². The van der Waals surface area contributed by atoms with Crippen molar-refractivity contribution in [3.8, 4) is 5.75 Å². The van der Waals surface area contributed by atoms with Crippen LogP contribution >= 0.6 is 11.3 Å². The van der Waals surface area contributed by atoms with E-state index in [0.717, 1.165) is 41.1 Å². The summed E-state index contributed by atoms with van der Waals surface area (Å²) >= 11 is 1.37. The minimum atomic E-state index is -0.143. The lowest BCUT2D eigenvalue weighted by molar-refractivity contribution is -0.116. The topological polar surface area (TPSA) is 78.3 Å². The van der Waals surface area contributed by atoms with E-state index in [2.05, 4.69) is 15.5 Å². The molecule has 1 amide bonds. The number of carbonyl (C=O) groups excluding carboxylic acids is 1. The predicted octanol–water partition coefficient (Wildman–Crippen LogP) is 2.99. The number of amides is 1. The monoisotopic (exact) mass is 358 g/mol. The molecule has 1 aliphatic rings. The summed E-state index contributed by atoms with van der Waals surface area (Å²) in [5.74, 6) is 0.650. The van der Waals surface area contributed by atoms with Gasteiger partial charge in [-0.05, 0) is 31.0 Å². The first-order valence-electron chi connectivity index (χ1n) is 8.11. The molecule has 0 saturated carbocycles. The summed E-state index contributed by atoms with van der Waals surface area (Å²) in [6.45, 7) is 0.960. The molecule has 1 aromatic carbocycles. The van der Waals surface area contributed by atoms with Gasteiger partial charge in [-0.25, -0.2) is 0 Å². The van der Waals surface area contributed by atoms with Gasteiger partial charge in [-0.15, -0.1) is 10.2 Å². The van der Waals surface area contributed by atoms with Crippen molar-refractivity contribution in [2.24, 2.45) is 0 Å². The third-order valence-electron chi connectivity index (χ3n) is 4.20. The maximum Gasteiger partial charge on any atom is 0.246 e. The number of hydrogen-bond donors (Lipinski definition) is 1. The number of nitrogens with zero attached hydrogens (tertiary/aromatic N) is 3. The van der Waals surface area contributed by atoms with Gasteiger partial charge in [0.2, 0.25) is 11.0 Å². The van der Waals surface area contributed by atoms with Gasteiger partial charge >= 0.3 is 0 Å². The maximum absolute atomic E-state index is 12.4. The first-order valence-corrected chi connectivity index (χ1v) is 8.93. The minimum Gasteiger partial charge on any atom is -0.496 e. The highest BCUT2D eigenvalue weighted by Gasteiger charge is 2.22. The summed E-state index contributed by atoms with van der Waals surface area (Å²) in [5, 5.41) is 13.3. The van der Waals surface area contributed by atoms with Crippen molar-refractivity contribution in [2.75, 3.05) is 19.0 Å². The van der Waals surface area contributed by atoms with Crippen LogP contribution in [0.1, 0.15) is 24.0 Å². The summed E-state index contributed by atoms with van der Waals surface area (Å²) in [6, 6.07) is 7.72. The quantitative estimate of drug-likeness (QED) is 0.759. The van der Waals surface area contributed by atoms with Crippen molar-refractivity contribution in [2.45, 2.75) is 25.5 Å². The fourth-order valence-electron chi connectivity index (χ4n) is 3.01. The Hall–Kier alpha value is -2.45. The fourth-order valence-corrected chi connectivity index (χ4v) is 3.86. The van der Waals surface area contributed by atoms with Gasteiger partial charge in [-0.1, -0.05) is 17.4 Å². The zero-order valence-electron chi connectivity index (χ0n) is 13.8. The maximum atomic E-state index is 12.4. The molecule has 3 heterocycles. The number of aromatic nitrogens is 3. The fraction of sp³-hybridized carbons (Fsp3) is 0.353. The Morgan fingerprint density at radius 3 is 3.16 bits per heavy atom. The second-order valence-corrected chi connectivity index (χ2v) is 6.84. The zero-order valence-corrected chi connectivity index (χ0v) is 14.6. The first-order chi connectivity index (χ1) is 12.2. The van der Waals surface area contributed by atoms with Crippen molar-refractivity contribution >= 4 is 33.3 Å². The molecule has 1 saturated heterocycles. The molecule has 1 atom stereocenters. The van der Waals surface area contributed by atoms with Gasteiger partial charge in [0, 0.05) is 18.2 Å². The summed E-state index contributed by atoms with van der Waals surface area (Å²) < 4.78 is 12.8. The standard InChI is InChI=1S/C17H18N4O3S/c1-23-13-5-2-4-12-11(13)7-8-21(12)10-15(22)18-17-20-19-16(25-17)14-6-3-9-24-14/h2,4-5,7-8,14H,3,6,9-10H2,1H3,(H,18,20,22)/t14-/m1/s1. The van der Waals surface area contributed by atoms with E-state index in [4.69, 9.17) is 9.47 Å². The SMILES string of the molecule is COc1cccc2c1ccn2CC(=O)Nc1nnc([C@H]2CCCO2)s1. The smallest absolute Gasteiger partial charge is 0.246 e. The third kappa shape index (κ3) is 3.22. The summed E-state index contributed by atoms with van der Waals surface area (Å²) in [5.41, 5.74) is 0.951. The van der Waals surface area contributed by atoms with Gasteiger partial charge in [0.15, 0.2) is 0 Å². The molecule has 25 heavy (non-hydrogen) atoms. The van der Waals surface area contributed by atoms with Crippen LogP contribution in [-0.4, -0.2) is 34.4 Å². The van der Waals surface area contributed by atoms with E-state index in [9.17, 15) is 4.79 Å². The number of ether oxygens (including phenoxy) is 2. The zero-order chi connectivity index (χ0) is 17.2. The molecule has 0 unspecified atom stereocenters. The largest absolute Gasteiger partial charge is 0.496 e. The molecule has 7 nitrogen and oxygen atoms in total. The Bertz CT molecular complexity index is 898. The number of rotatable bonds is 5. The van der Waals surface area contributed by atoms with Gasteiger partial charge in [0.1, 0.15) is 23.4 Å². The summed E-state index contributed by atoms with van der Waals surface area (Å²) in [6.07, 6.45) is 3.89. The van der Waals surface area contributed by atoms with E-state index in [1.807, 2.05) is 35.0 Å². The van der Waals surface area contributed by atoms with Crippen LogP contribution in [0.3, 0.4) is 0 Å². The van der Waals surface area contributed by atoms with Crippen LogP contribution in [0.4, 0.5) is 5.13 Å². The Balaban J connectivity index is 1.46. The van der Waals surface area contributed by atoms with Gasteiger partial charge in [-0.3, -0.25) is 10.1 Å². The highest BCUT2D eigenvalue weighted by Crippen LogP contribution is 2.32. The van der Waals surface area contributed by atoms with E-state index in [-0.39, 0.29) is 18.6 Å². The van der Waals surface area contributed by atoms with Crippen LogP contribution in [0, 0.1) is 0 Å². The average molecular weight is 358 g/mol. The molecule has 1 aliphatic heterocycles. The van der Waals surface area contributed by atoms with E-state index >= 15 is 0 Å².